The number of aryl methyl sites for hydroxylation is 1. The highest BCUT2D eigenvalue weighted by molar-refractivity contribution is 7.98. The summed E-state index contributed by atoms with van der Waals surface area (Å²) in [4.78, 5) is 13.6. The first-order valence-electron chi connectivity index (χ1n) is 5.80. The molecule has 0 saturated carbocycles. The number of carbonyl (C=O) groups is 1. The third kappa shape index (κ3) is 3.52. The Bertz CT molecular complexity index is 576. The molecule has 2 N–H and O–H groups in total. The number of hydrogen-bond donors (Lipinski definition) is 2. The Labute approximate surface area is 120 Å². The lowest BCUT2D eigenvalue weighted by Gasteiger charge is -2.06. The van der Waals surface area contributed by atoms with Crippen molar-refractivity contribution in [1.29, 1.82) is 0 Å². The molecule has 0 aliphatic carbocycles. The van der Waals surface area contributed by atoms with E-state index in [0.29, 0.717) is 11.4 Å². The highest BCUT2D eigenvalue weighted by Crippen LogP contribution is 2.23. The first kappa shape index (κ1) is 14.0. The SMILES string of the molecule is CSc1ccc(NCc2cc(C(=O)O)sc2C)cc1. The summed E-state index contributed by atoms with van der Waals surface area (Å²) in [5.74, 6) is -0.858. The van der Waals surface area contributed by atoms with Gasteiger partial charge >= 0.3 is 5.97 Å². The molecule has 0 saturated heterocycles. The molecule has 19 heavy (non-hydrogen) atoms. The fourth-order valence-corrected chi connectivity index (χ4v) is 3.00. The summed E-state index contributed by atoms with van der Waals surface area (Å²) in [6, 6.07) is 9.94. The number of thioether (sulfide) groups is 1. The molecule has 0 unspecified atom stereocenters. The Kier molecular flexibility index (Phi) is 4.50. The third-order valence-electron chi connectivity index (χ3n) is 2.80. The van der Waals surface area contributed by atoms with Gasteiger partial charge in [-0.05, 0) is 49.1 Å². The van der Waals surface area contributed by atoms with E-state index >= 15 is 0 Å². The predicted molar refractivity (Wildman–Crippen MR) is 81.6 cm³/mol. The normalized spacial score (nSPS) is 10.4. The van der Waals surface area contributed by atoms with E-state index in [4.69, 9.17) is 5.11 Å². The second kappa shape index (κ2) is 6.12. The van der Waals surface area contributed by atoms with Crippen LogP contribution in [0.25, 0.3) is 0 Å². The Balaban J connectivity index is 2.03. The van der Waals surface area contributed by atoms with Gasteiger partial charge in [-0.25, -0.2) is 4.79 Å². The molecule has 0 atom stereocenters. The second-order valence-corrected chi connectivity index (χ2v) is 6.22. The minimum Gasteiger partial charge on any atom is -0.477 e. The number of anilines is 1. The summed E-state index contributed by atoms with van der Waals surface area (Å²) >= 11 is 3.03. The van der Waals surface area contributed by atoms with Gasteiger partial charge in [-0.2, -0.15) is 0 Å². The van der Waals surface area contributed by atoms with Crippen LogP contribution < -0.4 is 5.32 Å². The van der Waals surface area contributed by atoms with Gasteiger partial charge in [-0.1, -0.05) is 0 Å². The lowest BCUT2D eigenvalue weighted by molar-refractivity contribution is 0.0702. The van der Waals surface area contributed by atoms with Gasteiger partial charge in [0.1, 0.15) is 4.88 Å². The summed E-state index contributed by atoms with van der Waals surface area (Å²) in [6.07, 6.45) is 2.05. The molecule has 2 rings (SSSR count). The van der Waals surface area contributed by atoms with E-state index in [-0.39, 0.29) is 0 Å². The van der Waals surface area contributed by atoms with E-state index in [1.54, 1.807) is 17.8 Å². The van der Waals surface area contributed by atoms with E-state index in [1.807, 2.05) is 25.3 Å². The van der Waals surface area contributed by atoms with Crippen LogP contribution in [0.15, 0.2) is 35.2 Å². The minimum absolute atomic E-state index is 0.395. The first-order valence-corrected chi connectivity index (χ1v) is 7.85. The second-order valence-electron chi connectivity index (χ2n) is 4.08. The maximum atomic E-state index is 10.9. The highest BCUT2D eigenvalue weighted by Gasteiger charge is 2.10. The molecule has 1 aromatic heterocycles. The zero-order chi connectivity index (χ0) is 13.8. The molecule has 1 heterocycles. The van der Waals surface area contributed by atoms with Gasteiger partial charge in [-0.3, -0.25) is 0 Å². The topological polar surface area (TPSA) is 49.3 Å². The van der Waals surface area contributed by atoms with E-state index in [9.17, 15) is 4.79 Å². The largest absolute Gasteiger partial charge is 0.477 e. The van der Waals surface area contributed by atoms with Crippen LogP contribution in [0.1, 0.15) is 20.1 Å². The van der Waals surface area contributed by atoms with E-state index in [0.717, 1.165) is 16.1 Å². The number of benzene rings is 1. The standard InChI is InChI=1S/C14H15NO2S2/c1-9-10(7-13(19-9)14(16)17)8-15-11-3-5-12(18-2)6-4-11/h3-7,15H,8H2,1-2H3,(H,16,17). The average Bonchev–Trinajstić information content (AvgIpc) is 2.79. The third-order valence-corrected chi connectivity index (χ3v) is 4.63. The van der Waals surface area contributed by atoms with Crippen molar-refractivity contribution in [2.75, 3.05) is 11.6 Å². The summed E-state index contributed by atoms with van der Waals surface area (Å²) in [5.41, 5.74) is 2.08. The molecule has 2 aromatic rings. The lowest BCUT2D eigenvalue weighted by Crippen LogP contribution is -1.99. The maximum absolute atomic E-state index is 10.9. The Hall–Kier alpha value is -1.46. The number of carboxylic acids is 1. The summed E-state index contributed by atoms with van der Waals surface area (Å²) in [7, 11) is 0. The van der Waals surface area contributed by atoms with Crippen LogP contribution in [0, 0.1) is 6.92 Å². The van der Waals surface area contributed by atoms with E-state index in [1.165, 1.54) is 16.2 Å². The molecule has 0 bridgehead atoms. The molecule has 5 heteroatoms. The zero-order valence-electron chi connectivity index (χ0n) is 10.8. The molecule has 0 radical (unpaired) electrons. The fourth-order valence-electron chi connectivity index (χ4n) is 1.71. The van der Waals surface area contributed by atoms with Crippen molar-refractivity contribution in [2.24, 2.45) is 0 Å². The zero-order valence-corrected chi connectivity index (χ0v) is 12.4. The molecule has 0 spiro atoms. The smallest absolute Gasteiger partial charge is 0.345 e. The average molecular weight is 293 g/mol. The van der Waals surface area contributed by atoms with Crippen molar-refractivity contribution >= 4 is 34.8 Å². The van der Waals surface area contributed by atoms with Gasteiger partial charge in [0, 0.05) is 22.0 Å². The summed E-state index contributed by atoms with van der Waals surface area (Å²) in [6.45, 7) is 2.60. The van der Waals surface area contributed by atoms with Crippen molar-refractivity contribution in [3.63, 3.8) is 0 Å². The maximum Gasteiger partial charge on any atom is 0.345 e. The number of thiophene rings is 1. The molecule has 0 fully saturated rings. The number of aromatic carboxylic acids is 1. The molecular formula is C14H15NO2S2. The molecule has 100 valence electrons. The number of rotatable bonds is 5. The highest BCUT2D eigenvalue weighted by atomic mass is 32.2. The minimum atomic E-state index is -0.858. The van der Waals surface area contributed by atoms with Gasteiger partial charge in [0.15, 0.2) is 0 Å². The predicted octanol–water partition coefficient (Wildman–Crippen LogP) is 4.09. The van der Waals surface area contributed by atoms with Gasteiger partial charge in [0.2, 0.25) is 0 Å². The van der Waals surface area contributed by atoms with Gasteiger partial charge in [0.25, 0.3) is 0 Å². The molecule has 1 aromatic carbocycles. The van der Waals surface area contributed by atoms with Crippen molar-refractivity contribution in [3.05, 3.63) is 45.6 Å². The monoisotopic (exact) mass is 293 g/mol. The Morgan fingerprint density at radius 3 is 2.58 bits per heavy atom. The Morgan fingerprint density at radius 2 is 2.05 bits per heavy atom. The van der Waals surface area contributed by atoms with E-state index < -0.39 is 5.97 Å². The van der Waals surface area contributed by atoms with Crippen LogP contribution in [0.2, 0.25) is 0 Å². The van der Waals surface area contributed by atoms with Crippen molar-refractivity contribution in [2.45, 2.75) is 18.4 Å². The van der Waals surface area contributed by atoms with Gasteiger partial charge < -0.3 is 10.4 Å². The van der Waals surface area contributed by atoms with Crippen LogP contribution in [0.5, 0.6) is 0 Å². The van der Waals surface area contributed by atoms with Crippen molar-refractivity contribution < 1.29 is 9.90 Å². The van der Waals surface area contributed by atoms with Crippen LogP contribution in [0.3, 0.4) is 0 Å². The number of nitrogens with one attached hydrogen (secondary N) is 1. The quantitative estimate of drug-likeness (QED) is 0.815. The van der Waals surface area contributed by atoms with E-state index in [2.05, 4.69) is 17.4 Å². The van der Waals surface area contributed by atoms with Crippen molar-refractivity contribution in [3.8, 4) is 0 Å². The van der Waals surface area contributed by atoms with Gasteiger partial charge in [-0.15, -0.1) is 23.1 Å². The lowest BCUT2D eigenvalue weighted by atomic mass is 10.2. The van der Waals surface area contributed by atoms with Crippen LogP contribution in [0.4, 0.5) is 5.69 Å². The number of hydrogen-bond acceptors (Lipinski definition) is 4. The molecule has 0 aliphatic rings. The Morgan fingerprint density at radius 1 is 1.37 bits per heavy atom. The van der Waals surface area contributed by atoms with Crippen molar-refractivity contribution in [1.82, 2.24) is 0 Å². The fraction of sp³-hybridized carbons (Fsp3) is 0.214. The van der Waals surface area contributed by atoms with Crippen LogP contribution in [-0.4, -0.2) is 17.3 Å². The number of carboxylic acid groups (broad SMARTS) is 1. The molecule has 0 amide bonds. The summed E-state index contributed by atoms with van der Waals surface area (Å²) < 4.78 is 0. The first-order chi connectivity index (χ1) is 9.10. The molecule has 0 aliphatic heterocycles. The van der Waals surface area contributed by atoms with Crippen LogP contribution >= 0.6 is 23.1 Å². The summed E-state index contributed by atoms with van der Waals surface area (Å²) in [5, 5.41) is 12.3. The molecule has 3 nitrogen and oxygen atoms in total. The van der Waals surface area contributed by atoms with Crippen LogP contribution in [-0.2, 0) is 6.54 Å². The van der Waals surface area contributed by atoms with Gasteiger partial charge in [0.05, 0.1) is 0 Å². The molecular weight excluding hydrogens is 278 g/mol.